The van der Waals surface area contributed by atoms with Crippen LogP contribution >= 0.6 is 11.6 Å². The Morgan fingerprint density at radius 1 is 1.17 bits per heavy atom. The van der Waals surface area contributed by atoms with E-state index in [1.165, 1.54) is 7.11 Å². The summed E-state index contributed by atoms with van der Waals surface area (Å²) in [5.41, 5.74) is 1.22. The molecule has 2 rings (SSSR count). The lowest BCUT2D eigenvalue weighted by Crippen LogP contribution is -2.45. The minimum absolute atomic E-state index is 0.209. The standard InChI is InChI=1S/C18H18ClNO4/c1-24-18(23)15(11-12-6-5-9-14(19)10-12)20-17(22)16(21)13-7-3-2-4-8-13/h2-10,15-16,21H,11H2,1H3,(H,20,22)/t15-,16+/m1/s1. The minimum atomic E-state index is -1.36. The van der Waals surface area contributed by atoms with Crippen LogP contribution in [0, 0.1) is 0 Å². The molecular formula is C18H18ClNO4. The Balaban J connectivity index is 2.11. The first kappa shape index (κ1) is 18.0. The number of carbonyl (C=O) groups is 2. The highest BCUT2D eigenvalue weighted by atomic mass is 35.5. The normalized spacial score (nSPS) is 13.0. The van der Waals surface area contributed by atoms with Crippen LogP contribution in [-0.4, -0.2) is 30.1 Å². The zero-order valence-corrected chi connectivity index (χ0v) is 13.9. The van der Waals surface area contributed by atoms with Crippen LogP contribution in [0.2, 0.25) is 5.02 Å². The molecule has 0 aliphatic rings. The van der Waals surface area contributed by atoms with Gasteiger partial charge in [0.05, 0.1) is 7.11 Å². The Morgan fingerprint density at radius 2 is 1.88 bits per heavy atom. The molecule has 0 saturated heterocycles. The number of methoxy groups -OCH3 is 1. The quantitative estimate of drug-likeness (QED) is 0.786. The molecule has 5 nitrogen and oxygen atoms in total. The Bertz CT molecular complexity index is 705. The fourth-order valence-corrected chi connectivity index (χ4v) is 2.49. The second kappa shape index (κ2) is 8.47. The molecule has 0 fully saturated rings. The monoisotopic (exact) mass is 347 g/mol. The van der Waals surface area contributed by atoms with Gasteiger partial charge in [0.1, 0.15) is 6.04 Å². The number of hydrogen-bond acceptors (Lipinski definition) is 4. The lowest BCUT2D eigenvalue weighted by atomic mass is 10.0. The number of rotatable bonds is 6. The Hall–Kier alpha value is -2.37. The Kier molecular flexibility index (Phi) is 6.35. The Morgan fingerprint density at radius 3 is 2.50 bits per heavy atom. The molecule has 6 heteroatoms. The number of aliphatic hydroxyl groups is 1. The van der Waals surface area contributed by atoms with E-state index in [1.54, 1.807) is 54.6 Å². The first-order valence-corrected chi connectivity index (χ1v) is 7.74. The van der Waals surface area contributed by atoms with Crippen LogP contribution in [0.3, 0.4) is 0 Å². The molecule has 0 aliphatic carbocycles. The van der Waals surface area contributed by atoms with Crippen molar-refractivity contribution in [2.45, 2.75) is 18.6 Å². The Labute approximate surface area is 145 Å². The van der Waals surface area contributed by atoms with Crippen molar-refractivity contribution >= 4 is 23.5 Å². The van der Waals surface area contributed by atoms with Crippen LogP contribution in [-0.2, 0) is 20.7 Å². The number of ether oxygens (including phenoxy) is 1. The average Bonchev–Trinajstić information content (AvgIpc) is 2.60. The largest absolute Gasteiger partial charge is 0.467 e. The third kappa shape index (κ3) is 4.81. The molecule has 0 unspecified atom stereocenters. The van der Waals surface area contributed by atoms with Gasteiger partial charge in [-0.25, -0.2) is 4.79 Å². The fourth-order valence-electron chi connectivity index (χ4n) is 2.27. The highest BCUT2D eigenvalue weighted by Gasteiger charge is 2.26. The van der Waals surface area contributed by atoms with Crippen molar-refractivity contribution < 1.29 is 19.4 Å². The molecule has 2 aromatic carbocycles. The smallest absolute Gasteiger partial charge is 0.328 e. The van der Waals surface area contributed by atoms with Crippen LogP contribution < -0.4 is 5.32 Å². The first-order valence-electron chi connectivity index (χ1n) is 7.37. The van der Waals surface area contributed by atoms with Crippen molar-refractivity contribution in [1.29, 1.82) is 0 Å². The molecule has 0 aromatic heterocycles. The minimum Gasteiger partial charge on any atom is -0.467 e. The molecule has 0 radical (unpaired) electrons. The maximum atomic E-state index is 12.2. The van der Waals surface area contributed by atoms with Crippen LogP contribution in [0.5, 0.6) is 0 Å². The highest BCUT2D eigenvalue weighted by Crippen LogP contribution is 2.15. The van der Waals surface area contributed by atoms with E-state index in [1.807, 2.05) is 0 Å². The van der Waals surface area contributed by atoms with Gasteiger partial charge >= 0.3 is 5.97 Å². The van der Waals surface area contributed by atoms with Gasteiger partial charge in [-0.2, -0.15) is 0 Å². The SMILES string of the molecule is COC(=O)[C@@H](Cc1cccc(Cl)c1)NC(=O)[C@@H](O)c1ccccc1. The summed E-state index contributed by atoms with van der Waals surface area (Å²) in [7, 11) is 1.24. The van der Waals surface area contributed by atoms with Gasteiger partial charge < -0.3 is 15.2 Å². The van der Waals surface area contributed by atoms with Crippen molar-refractivity contribution in [3.63, 3.8) is 0 Å². The second-order valence-electron chi connectivity index (χ2n) is 5.23. The molecule has 24 heavy (non-hydrogen) atoms. The average molecular weight is 348 g/mol. The van der Waals surface area contributed by atoms with Gasteiger partial charge in [0.25, 0.3) is 5.91 Å². The summed E-state index contributed by atoms with van der Waals surface area (Å²) in [5.74, 6) is -1.26. The van der Waals surface area contributed by atoms with Crippen molar-refractivity contribution in [3.05, 3.63) is 70.7 Å². The number of hydrogen-bond donors (Lipinski definition) is 2. The fraction of sp³-hybridized carbons (Fsp3) is 0.222. The van der Waals surface area contributed by atoms with Crippen molar-refractivity contribution in [1.82, 2.24) is 5.32 Å². The molecule has 0 spiro atoms. The highest BCUT2D eigenvalue weighted by molar-refractivity contribution is 6.30. The van der Waals surface area contributed by atoms with E-state index < -0.39 is 24.0 Å². The maximum absolute atomic E-state index is 12.2. The number of aliphatic hydroxyl groups excluding tert-OH is 1. The van der Waals surface area contributed by atoms with E-state index in [2.05, 4.69) is 5.32 Å². The number of carbonyl (C=O) groups excluding carboxylic acids is 2. The van der Waals surface area contributed by atoms with Crippen LogP contribution in [0.25, 0.3) is 0 Å². The molecule has 2 atom stereocenters. The van der Waals surface area contributed by atoms with Crippen molar-refractivity contribution in [2.24, 2.45) is 0 Å². The van der Waals surface area contributed by atoms with Gasteiger partial charge in [-0.15, -0.1) is 0 Å². The summed E-state index contributed by atoms with van der Waals surface area (Å²) in [6.07, 6.45) is -1.15. The van der Waals surface area contributed by atoms with Gasteiger partial charge in [-0.05, 0) is 23.3 Å². The van der Waals surface area contributed by atoms with E-state index in [4.69, 9.17) is 16.3 Å². The second-order valence-corrected chi connectivity index (χ2v) is 5.67. The van der Waals surface area contributed by atoms with Gasteiger partial charge in [-0.3, -0.25) is 4.79 Å². The summed E-state index contributed by atoms with van der Waals surface area (Å²) in [6.45, 7) is 0. The molecule has 0 aliphatic heterocycles. The number of halogens is 1. The first-order chi connectivity index (χ1) is 11.5. The van der Waals surface area contributed by atoms with Crippen LogP contribution in [0.15, 0.2) is 54.6 Å². The molecule has 0 heterocycles. The number of nitrogens with one attached hydrogen (secondary N) is 1. The molecule has 0 bridgehead atoms. The van der Waals surface area contributed by atoms with Crippen molar-refractivity contribution in [2.75, 3.05) is 7.11 Å². The zero-order valence-electron chi connectivity index (χ0n) is 13.1. The van der Waals surface area contributed by atoms with E-state index in [9.17, 15) is 14.7 Å². The van der Waals surface area contributed by atoms with E-state index in [-0.39, 0.29) is 6.42 Å². The third-order valence-corrected chi connectivity index (χ3v) is 3.73. The predicted molar refractivity (Wildman–Crippen MR) is 90.5 cm³/mol. The van der Waals surface area contributed by atoms with E-state index in [0.29, 0.717) is 10.6 Å². The third-order valence-electron chi connectivity index (χ3n) is 3.49. The summed E-state index contributed by atoms with van der Waals surface area (Å²) >= 11 is 5.93. The topological polar surface area (TPSA) is 75.6 Å². The van der Waals surface area contributed by atoms with Gasteiger partial charge in [0.2, 0.25) is 0 Å². The lowest BCUT2D eigenvalue weighted by molar-refractivity contribution is -0.146. The van der Waals surface area contributed by atoms with E-state index >= 15 is 0 Å². The predicted octanol–water partition coefficient (Wildman–Crippen LogP) is 2.27. The summed E-state index contributed by atoms with van der Waals surface area (Å²) < 4.78 is 4.73. The van der Waals surface area contributed by atoms with Gasteiger partial charge in [-0.1, -0.05) is 54.1 Å². The number of benzene rings is 2. The zero-order chi connectivity index (χ0) is 17.5. The molecular weight excluding hydrogens is 330 g/mol. The number of amides is 1. The van der Waals surface area contributed by atoms with Crippen molar-refractivity contribution in [3.8, 4) is 0 Å². The summed E-state index contributed by atoms with van der Waals surface area (Å²) in [6, 6.07) is 14.5. The molecule has 0 saturated carbocycles. The molecule has 2 N–H and O–H groups in total. The van der Waals surface area contributed by atoms with Crippen LogP contribution in [0.1, 0.15) is 17.2 Å². The lowest BCUT2D eigenvalue weighted by Gasteiger charge is -2.19. The summed E-state index contributed by atoms with van der Waals surface area (Å²) in [5, 5.41) is 13.2. The van der Waals surface area contributed by atoms with E-state index in [0.717, 1.165) is 5.56 Å². The van der Waals surface area contributed by atoms with Crippen LogP contribution in [0.4, 0.5) is 0 Å². The van der Waals surface area contributed by atoms with Gasteiger partial charge in [0, 0.05) is 11.4 Å². The summed E-state index contributed by atoms with van der Waals surface area (Å²) in [4.78, 5) is 24.2. The molecule has 2 aromatic rings. The van der Waals surface area contributed by atoms with Gasteiger partial charge in [0.15, 0.2) is 6.10 Å². The molecule has 1 amide bonds. The maximum Gasteiger partial charge on any atom is 0.328 e. The molecule has 126 valence electrons. The number of esters is 1.